The Hall–Kier alpha value is -2.45. The van der Waals surface area contributed by atoms with Gasteiger partial charge in [0.2, 0.25) is 12.2 Å². The fraction of sp³-hybridized carbons (Fsp3) is 0.125. The second-order valence-corrected chi connectivity index (χ2v) is 5.49. The lowest BCUT2D eigenvalue weighted by Gasteiger charge is -2.09. The fourth-order valence-electron chi connectivity index (χ4n) is 1.76. The standard InChI is InChI=1S/C16H12N2O2S/c1-11-3-5-13(17-9-19)7-15(11)21-16-8-14(18-10-20)6-4-12(16)2/h3-8H,1-2H3. The van der Waals surface area contributed by atoms with E-state index < -0.39 is 0 Å². The van der Waals surface area contributed by atoms with Crippen LogP contribution in [0.2, 0.25) is 0 Å². The quantitative estimate of drug-likeness (QED) is 0.621. The van der Waals surface area contributed by atoms with Crippen molar-refractivity contribution in [3.8, 4) is 0 Å². The first-order valence-electron chi connectivity index (χ1n) is 6.19. The Balaban J connectivity index is 2.41. The van der Waals surface area contributed by atoms with Crippen molar-refractivity contribution in [2.75, 3.05) is 0 Å². The molecule has 2 rings (SSSR count). The minimum Gasteiger partial charge on any atom is -0.211 e. The zero-order valence-electron chi connectivity index (χ0n) is 11.6. The van der Waals surface area contributed by atoms with E-state index in [0.29, 0.717) is 11.4 Å². The molecule has 0 saturated heterocycles. The van der Waals surface area contributed by atoms with Crippen LogP contribution in [0.5, 0.6) is 0 Å². The summed E-state index contributed by atoms with van der Waals surface area (Å²) in [4.78, 5) is 29.9. The van der Waals surface area contributed by atoms with Gasteiger partial charge in [-0.2, -0.15) is 9.98 Å². The van der Waals surface area contributed by atoms with Gasteiger partial charge in [0.05, 0.1) is 11.4 Å². The molecular formula is C16H12N2O2S. The number of isocyanates is 2. The number of benzene rings is 2. The molecule has 2 aromatic carbocycles. The molecule has 0 unspecified atom stereocenters. The van der Waals surface area contributed by atoms with Crippen LogP contribution in [-0.2, 0) is 9.59 Å². The van der Waals surface area contributed by atoms with E-state index >= 15 is 0 Å². The Labute approximate surface area is 126 Å². The molecule has 21 heavy (non-hydrogen) atoms. The van der Waals surface area contributed by atoms with Gasteiger partial charge >= 0.3 is 0 Å². The molecule has 0 spiro atoms. The number of aryl methyl sites for hydroxylation is 2. The number of rotatable bonds is 4. The van der Waals surface area contributed by atoms with Crippen LogP contribution < -0.4 is 0 Å². The molecule has 0 bridgehead atoms. The van der Waals surface area contributed by atoms with Gasteiger partial charge in [-0.15, -0.1) is 0 Å². The summed E-state index contributed by atoms with van der Waals surface area (Å²) in [6.07, 6.45) is 3.08. The van der Waals surface area contributed by atoms with Crippen LogP contribution in [0.1, 0.15) is 11.1 Å². The molecule has 0 aliphatic carbocycles. The minimum absolute atomic E-state index is 0.567. The molecule has 0 N–H and O–H groups in total. The summed E-state index contributed by atoms with van der Waals surface area (Å²) in [5, 5.41) is 0. The number of hydrogen-bond donors (Lipinski definition) is 0. The van der Waals surface area contributed by atoms with Crippen LogP contribution in [-0.4, -0.2) is 12.2 Å². The summed E-state index contributed by atoms with van der Waals surface area (Å²) in [5.41, 5.74) is 3.29. The van der Waals surface area contributed by atoms with E-state index in [1.165, 1.54) is 12.2 Å². The molecule has 2 aromatic rings. The lowest BCUT2D eigenvalue weighted by molar-refractivity contribution is 0.564. The smallest absolute Gasteiger partial charge is 0.211 e. The predicted molar refractivity (Wildman–Crippen MR) is 82.0 cm³/mol. The van der Waals surface area contributed by atoms with Gasteiger partial charge in [0.25, 0.3) is 0 Å². The monoisotopic (exact) mass is 296 g/mol. The van der Waals surface area contributed by atoms with Crippen LogP contribution in [0, 0.1) is 13.8 Å². The molecule has 0 aliphatic heterocycles. The summed E-state index contributed by atoms with van der Waals surface area (Å²) in [6.45, 7) is 3.97. The average Bonchev–Trinajstić information content (AvgIpc) is 2.46. The fourth-order valence-corrected chi connectivity index (χ4v) is 2.81. The Morgan fingerprint density at radius 1 is 0.810 bits per heavy atom. The third-order valence-corrected chi connectivity index (χ3v) is 4.23. The highest BCUT2D eigenvalue weighted by Gasteiger charge is 2.06. The topological polar surface area (TPSA) is 58.9 Å². The van der Waals surface area contributed by atoms with Gasteiger partial charge < -0.3 is 0 Å². The summed E-state index contributed by atoms with van der Waals surface area (Å²) in [5.74, 6) is 0. The van der Waals surface area contributed by atoms with Gasteiger partial charge in [-0.25, -0.2) is 9.59 Å². The van der Waals surface area contributed by atoms with E-state index in [4.69, 9.17) is 0 Å². The van der Waals surface area contributed by atoms with Crippen molar-refractivity contribution >= 4 is 35.3 Å². The summed E-state index contributed by atoms with van der Waals surface area (Å²) >= 11 is 1.54. The van der Waals surface area contributed by atoms with Crippen LogP contribution in [0.3, 0.4) is 0 Å². The van der Waals surface area contributed by atoms with E-state index in [2.05, 4.69) is 9.98 Å². The van der Waals surface area contributed by atoms with Crippen molar-refractivity contribution in [3.05, 3.63) is 47.5 Å². The maximum atomic E-state index is 10.4. The van der Waals surface area contributed by atoms with Gasteiger partial charge in [-0.3, -0.25) is 0 Å². The van der Waals surface area contributed by atoms with E-state index in [1.807, 2.05) is 38.1 Å². The van der Waals surface area contributed by atoms with Gasteiger partial charge in [-0.1, -0.05) is 23.9 Å². The molecule has 0 atom stereocenters. The molecular weight excluding hydrogens is 284 g/mol. The second-order valence-electron chi connectivity index (χ2n) is 4.41. The van der Waals surface area contributed by atoms with Gasteiger partial charge in [0.1, 0.15) is 0 Å². The van der Waals surface area contributed by atoms with Crippen molar-refractivity contribution in [3.63, 3.8) is 0 Å². The van der Waals surface area contributed by atoms with E-state index in [-0.39, 0.29) is 0 Å². The normalized spacial score (nSPS) is 9.62. The van der Waals surface area contributed by atoms with Crippen molar-refractivity contribution < 1.29 is 9.59 Å². The molecule has 0 amide bonds. The molecule has 0 saturated carbocycles. The van der Waals surface area contributed by atoms with Gasteiger partial charge in [-0.05, 0) is 49.2 Å². The highest BCUT2D eigenvalue weighted by Crippen LogP contribution is 2.36. The van der Waals surface area contributed by atoms with Crippen molar-refractivity contribution in [2.24, 2.45) is 9.98 Å². The number of nitrogens with zero attached hydrogens (tertiary/aromatic N) is 2. The number of carbonyl (C=O) groups excluding carboxylic acids is 2. The van der Waals surface area contributed by atoms with Crippen LogP contribution >= 0.6 is 11.8 Å². The molecule has 0 aliphatic rings. The Morgan fingerprint density at radius 2 is 1.24 bits per heavy atom. The molecule has 4 nitrogen and oxygen atoms in total. The first-order valence-corrected chi connectivity index (χ1v) is 7.00. The Kier molecular flexibility index (Phi) is 4.85. The van der Waals surface area contributed by atoms with E-state index in [0.717, 1.165) is 20.9 Å². The largest absolute Gasteiger partial charge is 0.240 e. The third-order valence-electron chi connectivity index (χ3n) is 2.91. The number of aliphatic imine (C=N–C) groups is 2. The third kappa shape index (κ3) is 3.77. The Bertz CT molecular complexity index is 708. The highest BCUT2D eigenvalue weighted by atomic mass is 32.2. The SMILES string of the molecule is Cc1ccc(N=C=O)cc1Sc1cc(N=C=O)ccc1C. The molecule has 104 valence electrons. The van der Waals surface area contributed by atoms with E-state index in [9.17, 15) is 9.59 Å². The predicted octanol–water partition coefficient (Wildman–Crippen LogP) is 4.39. The summed E-state index contributed by atoms with van der Waals surface area (Å²) < 4.78 is 0. The minimum atomic E-state index is 0.567. The lowest BCUT2D eigenvalue weighted by atomic mass is 10.2. The van der Waals surface area contributed by atoms with Gasteiger partial charge in [0, 0.05) is 9.79 Å². The number of hydrogen-bond acceptors (Lipinski definition) is 5. The van der Waals surface area contributed by atoms with Crippen LogP contribution in [0.4, 0.5) is 11.4 Å². The average molecular weight is 296 g/mol. The zero-order valence-corrected chi connectivity index (χ0v) is 12.4. The molecule has 0 aromatic heterocycles. The summed E-state index contributed by atoms with van der Waals surface area (Å²) in [6, 6.07) is 11.0. The van der Waals surface area contributed by atoms with Crippen molar-refractivity contribution in [1.82, 2.24) is 0 Å². The second kappa shape index (κ2) is 6.82. The van der Waals surface area contributed by atoms with Crippen LogP contribution in [0.25, 0.3) is 0 Å². The maximum Gasteiger partial charge on any atom is 0.240 e. The zero-order chi connectivity index (χ0) is 15.2. The van der Waals surface area contributed by atoms with Crippen molar-refractivity contribution in [2.45, 2.75) is 23.6 Å². The molecule has 5 heteroatoms. The van der Waals surface area contributed by atoms with Crippen LogP contribution in [0.15, 0.2) is 56.2 Å². The van der Waals surface area contributed by atoms with E-state index in [1.54, 1.807) is 23.9 Å². The van der Waals surface area contributed by atoms with Gasteiger partial charge in [0.15, 0.2) is 0 Å². The maximum absolute atomic E-state index is 10.4. The molecule has 0 radical (unpaired) electrons. The summed E-state index contributed by atoms with van der Waals surface area (Å²) in [7, 11) is 0. The highest BCUT2D eigenvalue weighted by molar-refractivity contribution is 7.99. The molecule has 0 heterocycles. The lowest BCUT2D eigenvalue weighted by Crippen LogP contribution is -1.83. The molecule has 0 fully saturated rings. The Morgan fingerprint density at radius 3 is 1.62 bits per heavy atom. The first-order chi connectivity index (χ1) is 10.1. The van der Waals surface area contributed by atoms with Crippen molar-refractivity contribution in [1.29, 1.82) is 0 Å². The first kappa shape index (κ1) is 14.9.